The molecule has 0 bridgehead atoms. The lowest BCUT2D eigenvalue weighted by Gasteiger charge is -2.13. The van der Waals surface area contributed by atoms with E-state index in [9.17, 15) is 5.26 Å². The van der Waals surface area contributed by atoms with Gasteiger partial charge in [-0.05, 0) is 39.6 Å². The van der Waals surface area contributed by atoms with Crippen molar-refractivity contribution in [3.63, 3.8) is 0 Å². The molecule has 0 fully saturated rings. The van der Waals surface area contributed by atoms with Gasteiger partial charge in [0.05, 0.1) is 23.0 Å². The molecule has 0 amide bonds. The van der Waals surface area contributed by atoms with E-state index in [2.05, 4.69) is 97.1 Å². The summed E-state index contributed by atoms with van der Waals surface area (Å²) in [6.07, 6.45) is 0. The van der Waals surface area contributed by atoms with Crippen molar-refractivity contribution in [2.75, 3.05) is 0 Å². The van der Waals surface area contributed by atoms with Crippen molar-refractivity contribution < 1.29 is 0 Å². The predicted molar refractivity (Wildman–Crippen MR) is 171 cm³/mol. The van der Waals surface area contributed by atoms with Crippen LogP contribution in [0.2, 0.25) is 0 Å². The summed E-state index contributed by atoms with van der Waals surface area (Å²) in [5.74, 6) is 0.690. The highest BCUT2D eigenvalue weighted by Gasteiger charge is 2.14. The summed E-state index contributed by atoms with van der Waals surface area (Å²) >= 11 is 0. The van der Waals surface area contributed by atoms with Crippen LogP contribution in [0.1, 0.15) is 5.56 Å². The van der Waals surface area contributed by atoms with Crippen molar-refractivity contribution in [2.24, 2.45) is 0 Å². The molecule has 0 radical (unpaired) electrons. The van der Waals surface area contributed by atoms with Crippen LogP contribution in [0.4, 0.5) is 0 Å². The summed E-state index contributed by atoms with van der Waals surface area (Å²) in [5, 5.41) is 12.0. The van der Waals surface area contributed by atoms with Crippen molar-refractivity contribution in [3.8, 4) is 62.2 Å². The van der Waals surface area contributed by atoms with Gasteiger partial charge in [0.15, 0.2) is 5.82 Å². The van der Waals surface area contributed by atoms with E-state index in [1.165, 1.54) is 0 Å². The molecule has 6 aromatic carbocycles. The van der Waals surface area contributed by atoms with Crippen LogP contribution in [0.15, 0.2) is 152 Å². The van der Waals surface area contributed by atoms with E-state index in [1.54, 1.807) is 0 Å². The molecule has 7 aromatic rings. The minimum atomic E-state index is 0.673. The molecule has 42 heavy (non-hydrogen) atoms. The van der Waals surface area contributed by atoms with E-state index in [0.29, 0.717) is 11.4 Å². The van der Waals surface area contributed by atoms with Crippen molar-refractivity contribution in [2.45, 2.75) is 0 Å². The van der Waals surface area contributed by atoms with Crippen LogP contribution in [0.3, 0.4) is 0 Å². The van der Waals surface area contributed by atoms with Gasteiger partial charge in [0.25, 0.3) is 0 Å². The van der Waals surface area contributed by atoms with Gasteiger partial charge in [-0.3, -0.25) is 0 Å². The predicted octanol–water partition coefficient (Wildman–Crippen LogP) is 9.84. The Balaban J connectivity index is 1.31. The average Bonchev–Trinajstić information content (AvgIpc) is 3.08. The number of hydrogen-bond acceptors (Lipinski definition) is 3. The fourth-order valence-corrected chi connectivity index (χ4v) is 5.49. The molecule has 0 saturated heterocycles. The van der Waals surface area contributed by atoms with Gasteiger partial charge in [0.1, 0.15) is 0 Å². The maximum absolute atomic E-state index is 9.71. The summed E-state index contributed by atoms with van der Waals surface area (Å²) in [5.41, 5.74) is 9.77. The minimum absolute atomic E-state index is 0.673. The van der Waals surface area contributed by atoms with Crippen LogP contribution in [0.5, 0.6) is 0 Å². The normalized spacial score (nSPS) is 10.8. The van der Waals surface area contributed by atoms with Crippen molar-refractivity contribution in [3.05, 3.63) is 157 Å². The molecule has 0 aliphatic carbocycles. The molecule has 0 spiro atoms. The first-order valence-corrected chi connectivity index (χ1v) is 13.9. The van der Waals surface area contributed by atoms with Gasteiger partial charge < -0.3 is 0 Å². The molecular formula is C39H25N3. The Kier molecular flexibility index (Phi) is 6.56. The third kappa shape index (κ3) is 4.72. The van der Waals surface area contributed by atoms with E-state index < -0.39 is 0 Å². The van der Waals surface area contributed by atoms with Gasteiger partial charge in [0.2, 0.25) is 0 Å². The molecule has 0 aliphatic heterocycles. The first kappa shape index (κ1) is 25.1. The Bertz CT molecular complexity index is 2020. The van der Waals surface area contributed by atoms with Crippen molar-refractivity contribution in [1.29, 1.82) is 5.26 Å². The average molecular weight is 536 g/mol. The maximum atomic E-state index is 9.71. The number of benzene rings is 6. The molecule has 1 heterocycles. The van der Waals surface area contributed by atoms with E-state index in [0.717, 1.165) is 61.1 Å². The van der Waals surface area contributed by atoms with Gasteiger partial charge in [-0.2, -0.15) is 5.26 Å². The lowest BCUT2D eigenvalue weighted by molar-refractivity contribution is 1.18. The summed E-state index contributed by atoms with van der Waals surface area (Å²) in [4.78, 5) is 9.95. The Morgan fingerprint density at radius 2 is 0.905 bits per heavy atom. The van der Waals surface area contributed by atoms with E-state index in [4.69, 9.17) is 9.97 Å². The van der Waals surface area contributed by atoms with Crippen LogP contribution in [0, 0.1) is 11.3 Å². The lowest BCUT2D eigenvalue weighted by Crippen LogP contribution is -1.96. The highest BCUT2D eigenvalue weighted by atomic mass is 14.9. The van der Waals surface area contributed by atoms with Crippen LogP contribution >= 0.6 is 0 Å². The quantitative estimate of drug-likeness (QED) is 0.220. The Morgan fingerprint density at radius 1 is 0.405 bits per heavy atom. The molecule has 0 unspecified atom stereocenters. The fraction of sp³-hybridized carbons (Fsp3) is 0. The number of nitrogens with zero attached hydrogens (tertiary/aromatic N) is 3. The SMILES string of the molecule is N#Cc1ccccc1-c1ccc(-c2ccc(-c3nc(-c4ccccc4)cc(-c4ccccc4)n3)cc2)c2ccccc12. The molecular weight excluding hydrogens is 510 g/mol. The molecule has 0 N–H and O–H groups in total. The fourth-order valence-electron chi connectivity index (χ4n) is 5.49. The molecule has 7 rings (SSSR count). The third-order valence-electron chi connectivity index (χ3n) is 7.58. The van der Waals surface area contributed by atoms with Crippen LogP contribution < -0.4 is 0 Å². The maximum Gasteiger partial charge on any atom is 0.160 e. The van der Waals surface area contributed by atoms with Crippen LogP contribution in [-0.4, -0.2) is 9.97 Å². The summed E-state index contributed by atoms with van der Waals surface area (Å²) in [7, 11) is 0. The Morgan fingerprint density at radius 3 is 1.52 bits per heavy atom. The summed E-state index contributed by atoms with van der Waals surface area (Å²) in [6.45, 7) is 0. The molecule has 0 aliphatic rings. The third-order valence-corrected chi connectivity index (χ3v) is 7.58. The van der Waals surface area contributed by atoms with E-state index >= 15 is 0 Å². The first-order chi connectivity index (χ1) is 20.8. The number of fused-ring (bicyclic) bond motifs is 1. The lowest BCUT2D eigenvalue weighted by atomic mass is 9.90. The summed E-state index contributed by atoms with van der Waals surface area (Å²) in [6, 6.07) is 53.8. The second-order valence-electron chi connectivity index (χ2n) is 10.1. The van der Waals surface area contributed by atoms with Crippen LogP contribution in [-0.2, 0) is 0 Å². The highest BCUT2D eigenvalue weighted by molar-refractivity contribution is 6.05. The number of nitriles is 1. The highest BCUT2D eigenvalue weighted by Crippen LogP contribution is 2.37. The zero-order chi connectivity index (χ0) is 28.3. The van der Waals surface area contributed by atoms with Crippen molar-refractivity contribution in [1.82, 2.24) is 9.97 Å². The minimum Gasteiger partial charge on any atom is -0.228 e. The van der Waals surface area contributed by atoms with E-state index in [1.807, 2.05) is 60.7 Å². The summed E-state index contributed by atoms with van der Waals surface area (Å²) < 4.78 is 0. The molecule has 0 saturated carbocycles. The van der Waals surface area contributed by atoms with Gasteiger partial charge in [-0.1, -0.05) is 140 Å². The first-order valence-electron chi connectivity index (χ1n) is 13.9. The zero-order valence-electron chi connectivity index (χ0n) is 22.8. The standard InChI is InChI=1S/C39H25N3/c40-26-31-15-7-8-16-32(31)36-24-23-33(34-17-9-10-18-35(34)36)27-19-21-30(22-20-27)39-41-37(28-11-3-1-4-12-28)25-38(42-39)29-13-5-2-6-14-29/h1-25H. The second-order valence-corrected chi connectivity index (χ2v) is 10.1. The Labute approximate surface area is 245 Å². The Hall–Kier alpha value is -5.85. The van der Waals surface area contributed by atoms with Gasteiger partial charge in [0, 0.05) is 22.3 Å². The van der Waals surface area contributed by atoms with E-state index in [-0.39, 0.29) is 0 Å². The largest absolute Gasteiger partial charge is 0.228 e. The van der Waals surface area contributed by atoms with Gasteiger partial charge in [-0.25, -0.2) is 9.97 Å². The second kappa shape index (κ2) is 11.0. The number of rotatable bonds is 5. The van der Waals surface area contributed by atoms with Crippen LogP contribution in [0.25, 0.3) is 66.9 Å². The molecule has 1 aromatic heterocycles. The molecule has 0 atom stereocenters. The number of hydrogen-bond donors (Lipinski definition) is 0. The monoisotopic (exact) mass is 535 g/mol. The van der Waals surface area contributed by atoms with Gasteiger partial charge in [-0.15, -0.1) is 0 Å². The molecule has 196 valence electrons. The zero-order valence-corrected chi connectivity index (χ0v) is 22.8. The van der Waals surface area contributed by atoms with Crippen molar-refractivity contribution >= 4 is 10.8 Å². The molecule has 3 heteroatoms. The topological polar surface area (TPSA) is 49.6 Å². The smallest absolute Gasteiger partial charge is 0.160 e. The van der Waals surface area contributed by atoms with Gasteiger partial charge >= 0.3 is 0 Å². The number of aromatic nitrogens is 2. The molecule has 3 nitrogen and oxygen atoms in total.